The lowest BCUT2D eigenvalue weighted by Gasteiger charge is -2.26. The van der Waals surface area contributed by atoms with Crippen LogP contribution >= 0.6 is 0 Å². The van der Waals surface area contributed by atoms with Gasteiger partial charge in [-0.15, -0.1) is 0 Å². The highest BCUT2D eigenvalue weighted by molar-refractivity contribution is 5.93. The molecule has 0 spiro atoms. The van der Waals surface area contributed by atoms with Crippen molar-refractivity contribution in [2.45, 2.75) is 6.92 Å². The lowest BCUT2D eigenvalue weighted by Crippen LogP contribution is -2.48. The standard InChI is InChI=1S/C15H18N4O/c1-10-2-4-12(5-3-10)13-6-14(19-18-13)15(20)17-9-11-7-16-8-11/h2-6,11,16H,7-9H2,1H3,(H,17,20)(H,18,19). The summed E-state index contributed by atoms with van der Waals surface area (Å²) in [7, 11) is 0. The van der Waals surface area contributed by atoms with E-state index in [1.807, 2.05) is 31.2 Å². The highest BCUT2D eigenvalue weighted by atomic mass is 16.1. The average Bonchev–Trinajstić information content (AvgIpc) is 2.87. The number of amides is 1. The molecule has 0 saturated carbocycles. The van der Waals surface area contributed by atoms with Crippen LogP contribution in [0.5, 0.6) is 0 Å². The zero-order valence-electron chi connectivity index (χ0n) is 11.4. The van der Waals surface area contributed by atoms with Gasteiger partial charge in [0.1, 0.15) is 5.69 Å². The molecule has 1 aromatic carbocycles. The van der Waals surface area contributed by atoms with Crippen molar-refractivity contribution < 1.29 is 4.79 Å². The van der Waals surface area contributed by atoms with Crippen molar-refractivity contribution in [1.29, 1.82) is 0 Å². The third-order valence-electron chi connectivity index (χ3n) is 3.59. The number of H-pyrrole nitrogens is 1. The normalized spacial score (nSPS) is 14.8. The van der Waals surface area contributed by atoms with Crippen LogP contribution in [0.2, 0.25) is 0 Å². The molecule has 0 bridgehead atoms. The van der Waals surface area contributed by atoms with E-state index in [2.05, 4.69) is 20.8 Å². The molecule has 104 valence electrons. The SMILES string of the molecule is Cc1ccc(-c2cc(C(=O)NCC3CNC3)[nH]n2)cc1. The first kappa shape index (κ1) is 12.9. The second-order valence-electron chi connectivity index (χ2n) is 5.27. The van der Waals surface area contributed by atoms with Gasteiger partial charge in [0.2, 0.25) is 0 Å². The van der Waals surface area contributed by atoms with E-state index in [0.717, 1.165) is 24.3 Å². The lowest BCUT2D eigenvalue weighted by atomic mass is 10.0. The van der Waals surface area contributed by atoms with E-state index in [-0.39, 0.29) is 5.91 Å². The Balaban J connectivity index is 1.66. The predicted molar refractivity (Wildman–Crippen MR) is 77.5 cm³/mol. The van der Waals surface area contributed by atoms with Crippen molar-refractivity contribution in [3.8, 4) is 11.3 Å². The number of benzene rings is 1. The van der Waals surface area contributed by atoms with Gasteiger partial charge in [0, 0.05) is 31.1 Å². The summed E-state index contributed by atoms with van der Waals surface area (Å²) in [5, 5.41) is 13.1. The van der Waals surface area contributed by atoms with E-state index in [4.69, 9.17) is 0 Å². The Hall–Kier alpha value is -2.14. The molecular weight excluding hydrogens is 252 g/mol. The van der Waals surface area contributed by atoms with Crippen molar-refractivity contribution in [3.05, 3.63) is 41.6 Å². The molecule has 0 radical (unpaired) electrons. The van der Waals surface area contributed by atoms with Crippen molar-refractivity contribution in [2.75, 3.05) is 19.6 Å². The fraction of sp³-hybridized carbons (Fsp3) is 0.333. The third kappa shape index (κ3) is 2.72. The van der Waals surface area contributed by atoms with Gasteiger partial charge in [0.05, 0.1) is 5.69 Å². The van der Waals surface area contributed by atoms with Gasteiger partial charge in [-0.25, -0.2) is 0 Å². The van der Waals surface area contributed by atoms with E-state index in [0.29, 0.717) is 18.2 Å². The number of hydrogen-bond donors (Lipinski definition) is 3. The van der Waals surface area contributed by atoms with Crippen LogP contribution in [0.3, 0.4) is 0 Å². The summed E-state index contributed by atoms with van der Waals surface area (Å²) in [5.74, 6) is 0.459. The van der Waals surface area contributed by atoms with Crippen LogP contribution in [0, 0.1) is 12.8 Å². The second-order valence-corrected chi connectivity index (χ2v) is 5.27. The Morgan fingerprint density at radius 3 is 2.75 bits per heavy atom. The average molecular weight is 270 g/mol. The molecule has 0 unspecified atom stereocenters. The summed E-state index contributed by atoms with van der Waals surface area (Å²) in [6, 6.07) is 9.88. The Bertz CT molecular complexity index is 599. The zero-order valence-corrected chi connectivity index (χ0v) is 11.4. The summed E-state index contributed by atoms with van der Waals surface area (Å²) in [6.45, 7) is 4.73. The number of aromatic amines is 1. The van der Waals surface area contributed by atoms with Gasteiger partial charge in [-0.1, -0.05) is 29.8 Å². The van der Waals surface area contributed by atoms with Crippen LogP contribution in [-0.4, -0.2) is 35.7 Å². The molecule has 1 amide bonds. The maximum absolute atomic E-state index is 12.0. The topological polar surface area (TPSA) is 69.8 Å². The van der Waals surface area contributed by atoms with Crippen molar-refractivity contribution in [2.24, 2.45) is 5.92 Å². The number of aromatic nitrogens is 2. The van der Waals surface area contributed by atoms with Crippen molar-refractivity contribution in [3.63, 3.8) is 0 Å². The first-order valence-corrected chi connectivity index (χ1v) is 6.84. The van der Waals surface area contributed by atoms with Gasteiger partial charge in [-0.05, 0) is 13.0 Å². The van der Waals surface area contributed by atoms with E-state index < -0.39 is 0 Å². The molecule has 3 rings (SSSR count). The number of carbonyl (C=O) groups is 1. The van der Waals surface area contributed by atoms with Crippen LogP contribution in [-0.2, 0) is 0 Å². The minimum absolute atomic E-state index is 0.0947. The summed E-state index contributed by atoms with van der Waals surface area (Å²) >= 11 is 0. The predicted octanol–water partition coefficient (Wildman–Crippen LogP) is 1.33. The van der Waals surface area contributed by atoms with Crippen LogP contribution < -0.4 is 10.6 Å². The fourth-order valence-electron chi connectivity index (χ4n) is 2.14. The van der Waals surface area contributed by atoms with Crippen molar-refractivity contribution in [1.82, 2.24) is 20.8 Å². The molecule has 0 aliphatic carbocycles. The van der Waals surface area contributed by atoms with Crippen molar-refractivity contribution >= 4 is 5.91 Å². The van der Waals surface area contributed by atoms with Gasteiger partial charge in [-0.2, -0.15) is 5.10 Å². The van der Waals surface area contributed by atoms with E-state index >= 15 is 0 Å². The molecule has 2 aromatic rings. The summed E-state index contributed by atoms with van der Waals surface area (Å²) in [5.41, 5.74) is 3.51. The molecular formula is C15H18N4O. The summed E-state index contributed by atoms with van der Waals surface area (Å²) < 4.78 is 0. The number of rotatable bonds is 4. The van der Waals surface area contributed by atoms with E-state index in [1.165, 1.54) is 5.56 Å². The lowest BCUT2D eigenvalue weighted by molar-refractivity contribution is 0.0937. The Labute approximate surface area is 117 Å². The third-order valence-corrected chi connectivity index (χ3v) is 3.59. The highest BCUT2D eigenvalue weighted by Crippen LogP contribution is 2.18. The molecule has 20 heavy (non-hydrogen) atoms. The molecule has 1 aliphatic rings. The zero-order chi connectivity index (χ0) is 13.9. The second kappa shape index (κ2) is 5.46. The molecule has 3 N–H and O–H groups in total. The van der Waals surface area contributed by atoms with E-state index in [1.54, 1.807) is 6.07 Å². The van der Waals surface area contributed by atoms with Crippen LogP contribution in [0.15, 0.2) is 30.3 Å². The number of nitrogens with one attached hydrogen (secondary N) is 3. The quantitative estimate of drug-likeness (QED) is 0.785. The molecule has 1 saturated heterocycles. The smallest absolute Gasteiger partial charge is 0.269 e. The van der Waals surface area contributed by atoms with Crippen LogP contribution in [0.25, 0.3) is 11.3 Å². The minimum Gasteiger partial charge on any atom is -0.350 e. The Morgan fingerprint density at radius 2 is 2.10 bits per heavy atom. The summed E-state index contributed by atoms with van der Waals surface area (Å²) in [6.07, 6.45) is 0. The number of aryl methyl sites for hydroxylation is 1. The highest BCUT2D eigenvalue weighted by Gasteiger charge is 2.18. The summed E-state index contributed by atoms with van der Waals surface area (Å²) in [4.78, 5) is 12.0. The molecule has 0 atom stereocenters. The van der Waals surface area contributed by atoms with Gasteiger partial charge in [-0.3, -0.25) is 9.89 Å². The van der Waals surface area contributed by atoms with Gasteiger partial charge in [0.15, 0.2) is 0 Å². The maximum atomic E-state index is 12.0. The Morgan fingerprint density at radius 1 is 1.35 bits per heavy atom. The monoisotopic (exact) mass is 270 g/mol. The number of hydrogen-bond acceptors (Lipinski definition) is 3. The van der Waals surface area contributed by atoms with Crippen LogP contribution in [0.4, 0.5) is 0 Å². The first-order chi connectivity index (χ1) is 9.72. The molecule has 1 aromatic heterocycles. The largest absolute Gasteiger partial charge is 0.350 e. The number of nitrogens with zero attached hydrogens (tertiary/aromatic N) is 1. The van der Waals surface area contributed by atoms with Gasteiger partial charge < -0.3 is 10.6 Å². The molecule has 1 aliphatic heterocycles. The molecule has 5 nitrogen and oxygen atoms in total. The number of carbonyl (C=O) groups excluding carboxylic acids is 1. The van der Waals surface area contributed by atoms with E-state index in [9.17, 15) is 4.79 Å². The molecule has 5 heteroatoms. The van der Waals surface area contributed by atoms with Crippen LogP contribution in [0.1, 0.15) is 16.1 Å². The Kier molecular flexibility index (Phi) is 3.52. The first-order valence-electron chi connectivity index (χ1n) is 6.84. The van der Waals surface area contributed by atoms with Gasteiger partial charge in [0.25, 0.3) is 5.91 Å². The molecule has 1 fully saturated rings. The minimum atomic E-state index is -0.0947. The maximum Gasteiger partial charge on any atom is 0.269 e. The van der Waals surface area contributed by atoms with Gasteiger partial charge >= 0.3 is 0 Å². The fourth-order valence-corrected chi connectivity index (χ4v) is 2.14. The molecule has 2 heterocycles.